The minimum atomic E-state index is -0.538. The Balaban J connectivity index is 2.55. The molecule has 0 bridgehead atoms. The van der Waals surface area contributed by atoms with Crippen LogP contribution in [0.4, 0.5) is 4.79 Å². The third-order valence-corrected chi connectivity index (χ3v) is 2.91. The molecule has 6 heteroatoms. The van der Waals surface area contributed by atoms with Gasteiger partial charge in [-0.15, -0.1) is 0 Å². The molecule has 116 valence electrons. The number of hydroxylamine groups is 2. The highest BCUT2D eigenvalue weighted by molar-refractivity contribution is 5.67. The van der Waals surface area contributed by atoms with Gasteiger partial charge < -0.3 is 10.1 Å². The number of carbonyl (C=O) groups is 2. The fourth-order valence-corrected chi connectivity index (χ4v) is 1.85. The first-order chi connectivity index (χ1) is 10.2. The van der Waals surface area contributed by atoms with Crippen molar-refractivity contribution in [1.82, 2.24) is 10.4 Å². The van der Waals surface area contributed by atoms with Crippen LogP contribution < -0.4 is 5.32 Å². The monoisotopic (exact) mass is 294 g/mol. The Morgan fingerprint density at radius 2 is 2.14 bits per heavy atom. The lowest BCUT2D eigenvalue weighted by atomic mass is 10.1. The average molecular weight is 294 g/mol. The Labute approximate surface area is 124 Å². The zero-order valence-corrected chi connectivity index (χ0v) is 12.2. The fourth-order valence-electron chi connectivity index (χ4n) is 1.85. The highest BCUT2D eigenvalue weighted by atomic mass is 16.5. The maximum atomic E-state index is 11.7. The molecule has 21 heavy (non-hydrogen) atoms. The van der Waals surface area contributed by atoms with Crippen LogP contribution in [0.25, 0.3) is 0 Å². The summed E-state index contributed by atoms with van der Waals surface area (Å²) in [5, 5.41) is 12.5. The van der Waals surface area contributed by atoms with Crippen molar-refractivity contribution in [3.63, 3.8) is 0 Å². The highest BCUT2D eigenvalue weighted by Crippen LogP contribution is 2.04. The van der Waals surface area contributed by atoms with Gasteiger partial charge in [0.25, 0.3) is 0 Å². The molecule has 0 aliphatic carbocycles. The average Bonchev–Trinajstić information content (AvgIpc) is 2.48. The van der Waals surface area contributed by atoms with Gasteiger partial charge in [-0.05, 0) is 18.4 Å². The molecule has 1 unspecified atom stereocenters. The van der Waals surface area contributed by atoms with Crippen molar-refractivity contribution in [2.24, 2.45) is 0 Å². The van der Waals surface area contributed by atoms with E-state index in [1.165, 1.54) is 0 Å². The summed E-state index contributed by atoms with van der Waals surface area (Å²) in [6.45, 7) is 2.37. The van der Waals surface area contributed by atoms with Crippen LogP contribution in [-0.4, -0.2) is 42.0 Å². The number of benzene rings is 1. The molecule has 0 spiro atoms. The Kier molecular flexibility index (Phi) is 7.89. The van der Waals surface area contributed by atoms with E-state index < -0.39 is 12.1 Å². The number of ether oxygens (including phenoxy) is 1. The summed E-state index contributed by atoms with van der Waals surface area (Å²) in [6.07, 6.45) is 2.01. The summed E-state index contributed by atoms with van der Waals surface area (Å²) >= 11 is 0. The molecular formula is C15H22N2O4. The number of alkyl carbamates (subject to hydrolysis) is 1. The van der Waals surface area contributed by atoms with Gasteiger partial charge in [-0.1, -0.05) is 43.7 Å². The summed E-state index contributed by atoms with van der Waals surface area (Å²) in [4.78, 5) is 22.2. The van der Waals surface area contributed by atoms with Crippen molar-refractivity contribution in [2.45, 2.75) is 32.2 Å². The van der Waals surface area contributed by atoms with Gasteiger partial charge in [-0.3, -0.25) is 10.0 Å². The van der Waals surface area contributed by atoms with Gasteiger partial charge in [0.2, 0.25) is 6.41 Å². The van der Waals surface area contributed by atoms with Gasteiger partial charge in [0, 0.05) is 0 Å². The molecule has 2 amide bonds. The summed E-state index contributed by atoms with van der Waals surface area (Å²) in [5.74, 6) is 0. The van der Waals surface area contributed by atoms with E-state index in [1.807, 2.05) is 37.3 Å². The van der Waals surface area contributed by atoms with Crippen LogP contribution in [0.15, 0.2) is 30.3 Å². The first-order valence-corrected chi connectivity index (χ1v) is 7.03. The van der Waals surface area contributed by atoms with Gasteiger partial charge in [0.15, 0.2) is 0 Å². The minimum Gasteiger partial charge on any atom is -0.450 e. The first-order valence-electron chi connectivity index (χ1n) is 7.03. The van der Waals surface area contributed by atoms with Crippen LogP contribution in [0.3, 0.4) is 0 Å². The molecule has 1 atom stereocenters. The van der Waals surface area contributed by atoms with Crippen molar-refractivity contribution in [1.29, 1.82) is 0 Å². The van der Waals surface area contributed by atoms with E-state index in [2.05, 4.69) is 5.32 Å². The number of hydrogen-bond acceptors (Lipinski definition) is 4. The van der Waals surface area contributed by atoms with Crippen LogP contribution in [0.5, 0.6) is 0 Å². The molecule has 0 saturated heterocycles. The maximum Gasteiger partial charge on any atom is 0.407 e. The van der Waals surface area contributed by atoms with E-state index in [0.717, 1.165) is 18.4 Å². The summed E-state index contributed by atoms with van der Waals surface area (Å²) < 4.78 is 5.03. The summed E-state index contributed by atoms with van der Waals surface area (Å²) in [7, 11) is 0. The van der Waals surface area contributed by atoms with Crippen LogP contribution in [0.1, 0.15) is 25.3 Å². The standard InChI is InChI=1S/C15H22N2O4/c1-2-3-9-21-15(19)16-14(11-17(20)12-18)10-13-7-5-4-6-8-13/h4-8,12,14,20H,2-3,9-11H2,1H3,(H,16,19). The summed E-state index contributed by atoms with van der Waals surface area (Å²) in [5.41, 5.74) is 0.996. The minimum absolute atomic E-state index is 0.00126. The van der Waals surface area contributed by atoms with E-state index in [4.69, 9.17) is 4.74 Å². The Morgan fingerprint density at radius 1 is 1.43 bits per heavy atom. The lowest BCUT2D eigenvalue weighted by molar-refractivity contribution is -0.150. The number of unbranched alkanes of at least 4 members (excludes halogenated alkanes) is 1. The molecule has 0 aliphatic heterocycles. The lowest BCUT2D eigenvalue weighted by Gasteiger charge is -2.21. The third kappa shape index (κ3) is 7.31. The first kappa shape index (κ1) is 17.0. The Morgan fingerprint density at radius 3 is 2.76 bits per heavy atom. The molecule has 1 rings (SSSR count). The zero-order valence-electron chi connectivity index (χ0n) is 12.2. The largest absolute Gasteiger partial charge is 0.450 e. The van der Waals surface area contributed by atoms with E-state index in [1.54, 1.807) is 0 Å². The normalized spacial score (nSPS) is 11.5. The molecule has 1 aromatic rings. The van der Waals surface area contributed by atoms with Crippen molar-refractivity contribution >= 4 is 12.5 Å². The fraction of sp³-hybridized carbons (Fsp3) is 0.467. The number of nitrogens with one attached hydrogen (secondary N) is 1. The second-order valence-corrected chi connectivity index (χ2v) is 4.75. The zero-order chi connectivity index (χ0) is 15.5. The predicted molar refractivity (Wildman–Crippen MR) is 77.9 cm³/mol. The molecule has 2 N–H and O–H groups in total. The molecule has 0 aromatic heterocycles. The van der Waals surface area contributed by atoms with Crippen molar-refractivity contribution in [3.8, 4) is 0 Å². The van der Waals surface area contributed by atoms with Crippen molar-refractivity contribution in [3.05, 3.63) is 35.9 Å². The molecule has 0 saturated carbocycles. The van der Waals surface area contributed by atoms with E-state index in [-0.39, 0.29) is 6.54 Å². The third-order valence-electron chi connectivity index (χ3n) is 2.91. The molecule has 0 fully saturated rings. The van der Waals surface area contributed by atoms with Crippen LogP contribution in [0, 0.1) is 0 Å². The Hall–Kier alpha value is -2.08. The number of carbonyl (C=O) groups excluding carboxylic acids is 2. The topological polar surface area (TPSA) is 78.9 Å². The van der Waals surface area contributed by atoms with Gasteiger partial charge in [-0.25, -0.2) is 9.86 Å². The van der Waals surface area contributed by atoms with Crippen molar-refractivity contribution < 1.29 is 19.5 Å². The van der Waals surface area contributed by atoms with E-state index in [0.29, 0.717) is 24.5 Å². The molecule has 0 aliphatic rings. The molecule has 6 nitrogen and oxygen atoms in total. The second-order valence-electron chi connectivity index (χ2n) is 4.75. The van der Waals surface area contributed by atoms with Gasteiger partial charge in [0.1, 0.15) is 0 Å². The van der Waals surface area contributed by atoms with Crippen LogP contribution in [-0.2, 0) is 16.0 Å². The molecule has 0 heterocycles. The molecule has 0 radical (unpaired) electrons. The van der Waals surface area contributed by atoms with E-state index >= 15 is 0 Å². The number of amides is 2. The molecular weight excluding hydrogens is 272 g/mol. The maximum absolute atomic E-state index is 11.7. The lowest BCUT2D eigenvalue weighted by Crippen LogP contribution is -2.44. The quantitative estimate of drug-likeness (QED) is 0.316. The second kappa shape index (κ2) is 9.77. The molecule has 1 aromatic carbocycles. The SMILES string of the molecule is CCCCOC(=O)NC(Cc1ccccc1)CN(O)C=O. The van der Waals surface area contributed by atoms with Gasteiger partial charge in [-0.2, -0.15) is 0 Å². The smallest absolute Gasteiger partial charge is 0.407 e. The van der Waals surface area contributed by atoms with Gasteiger partial charge >= 0.3 is 6.09 Å². The Bertz CT molecular complexity index is 425. The number of rotatable bonds is 9. The van der Waals surface area contributed by atoms with Gasteiger partial charge in [0.05, 0.1) is 19.2 Å². The number of hydrogen-bond donors (Lipinski definition) is 2. The van der Waals surface area contributed by atoms with Crippen LogP contribution >= 0.6 is 0 Å². The predicted octanol–water partition coefficient (Wildman–Crippen LogP) is 1.97. The van der Waals surface area contributed by atoms with Crippen LogP contribution in [0.2, 0.25) is 0 Å². The summed E-state index contributed by atoms with van der Waals surface area (Å²) in [6, 6.07) is 9.09. The van der Waals surface area contributed by atoms with E-state index in [9.17, 15) is 14.8 Å². The highest BCUT2D eigenvalue weighted by Gasteiger charge is 2.16. The van der Waals surface area contributed by atoms with Crippen molar-refractivity contribution in [2.75, 3.05) is 13.2 Å². The number of nitrogens with zero attached hydrogens (tertiary/aromatic N) is 1.